The van der Waals surface area contributed by atoms with Crippen LogP contribution in [-0.2, 0) is 6.18 Å². The number of amides is 2. The summed E-state index contributed by atoms with van der Waals surface area (Å²) in [7, 11) is 1.33. The first-order valence-corrected chi connectivity index (χ1v) is 10.8. The molecule has 2 N–H and O–H groups in total. The standard InChI is InChI=1S/C26H21F3N4O3/c1-16-11-12-19(30-24(34)17-7-4-3-5-8-17)14-21(16)31-25(35)23-22(36-2)15-33(32-23)20-10-6-9-18(13-20)26(27,28)29/h3-15H,1-2H3,(H,30,34)(H,31,35). The Balaban J connectivity index is 1.57. The molecule has 184 valence electrons. The molecule has 0 unspecified atom stereocenters. The number of halogens is 3. The van der Waals surface area contributed by atoms with Gasteiger partial charge in [0.1, 0.15) is 0 Å². The number of carbonyl (C=O) groups excluding carboxylic acids is 2. The maximum absolute atomic E-state index is 13.1. The van der Waals surface area contributed by atoms with Gasteiger partial charge in [-0.2, -0.15) is 18.3 Å². The molecule has 0 saturated carbocycles. The Morgan fingerprint density at radius 2 is 1.67 bits per heavy atom. The van der Waals surface area contributed by atoms with Crippen LogP contribution in [0.5, 0.6) is 5.75 Å². The highest BCUT2D eigenvalue weighted by Gasteiger charge is 2.31. The number of aryl methyl sites for hydroxylation is 1. The van der Waals surface area contributed by atoms with E-state index in [9.17, 15) is 22.8 Å². The summed E-state index contributed by atoms with van der Waals surface area (Å²) in [6.07, 6.45) is -3.19. The Morgan fingerprint density at radius 3 is 2.36 bits per heavy atom. The van der Waals surface area contributed by atoms with Gasteiger partial charge in [0.2, 0.25) is 0 Å². The van der Waals surface area contributed by atoms with E-state index in [1.54, 1.807) is 55.5 Å². The first kappa shape index (κ1) is 24.5. The maximum Gasteiger partial charge on any atom is 0.416 e. The van der Waals surface area contributed by atoms with E-state index in [2.05, 4.69) is 15.7 Å². The van der Waals surface area contributed by atoms with Crippen LogP contribution in [0, 0.1) is 6.92 Å². The third-order valence-electron chi connectivity index (χ3n) is 5.33. The molecule has 0 aliphatic carbocycles. The van der Waals surface area contributed by atoms with Crippen LogP contribution >= 0.6 is 0 Å². The van der Waals surface area contributed by atoms with Crippen molar-refractivity contribution < 1.29 is 27.5 Å². The molecule has 0 spiro atoms. The molecular formula is C26H21F3N4O3. The van der Waals surface area contributed by atoms with Crippen LogP contribution in [0.2, 0.25) is 0 Å². The molecule has 4 rings (SSSR count). The minimum Gasteiger partial charge on any atom is -0.493 e. The number of carbonyl (C=O) groups is 2. The van der Waals surface area contributed by atoms with Crippen LogP contribution < -0.4 is 15.4 Å². The van der Waals surface area contributed by atoms with Gasteiger partial charge in [0, 0.05) is 16.9 Å². The summed E-state index contributed by atoms with van der Waals surface area (Å²) < 4.78 is 45.7. The number of alkyl halides is 3. The number of rotatable bonds is 6. The fraction of sp³-hybridized carbons (Fsp3) is 0.115. The van der Waals surface area contributed by atoms with E-state index < -0.39 is 17.6 Å². The zero-order chi connectivity index (χ0) is 25.9. The lowest BCUT2D eigenvalue weighted by atomic mass is 10.1. The van der Waals surface area contributed by atoms with Crippen LogP contribution in [-0.4, -0.2) is 28.7 Å². The van der Waals surface area contributed by atoms with Crippen molar-refractivity contribution in [2.75, 3.05) is 17.7 Å². The normalized spacial score (nSPS) is 11.1. The molecule has 7 nitrogen and oxygen atoms in total. The SMILES string of the molecule is COc1cn(-c2cccc(C(F)(F)F)c2)nc1C(=O)Nc1cc(NC(=O)c2ccccc2)ccc1C. The van der Waals surface area contributed by atoms with Crippen molar-refractivity contribution in [1.29, 1.82) is 0 Å². The molecule has 10 heteroatoms. The summed E-state index contributed by atoms with van der Waals surface area (Å²) in [5.74, 6) is -0.860. The first-order chi connectivity index (χ1) is 17.2. The highest BCUT2D eigenvalue weighted by molar-refractivity contribution is 6.07. The molecule has 2 amide bonds. The summed E-state index contributed by atoms with van der Waals surface area (Å²) in [5, 5.41) is 9.66. The quantitative estimate of drug-likeness (QED) is 0.360. The van der Waals surface area contributed by atoms with Gasteiger partial charge in [-0.3, -0.25) is 9.59 Å². The lowest BCUT2D eigenvalue weighted by molar-refractivity contribution is -0.137. The van der Waals surface area contributed by atoms with Gasteiger partial charge in [0.05, 0.1) is 24.6 Å². The van der Waals surface area contributed by atoms with E-state index in [0.717, 1.165) is 22.4 Å². The molecular weight excluding hydrogens is 473 g/mol. The number of aromatic nitrogens is 2. The van der Waals surface area contributed by atoms with E-state index >= 15 is 0 Å². The minimum atomic E-state index is -4.52. The van der Waals surface area contributed by atoms with Crippen LogP contribution in [0.1, 0.15) is 32.0 Å². The zero-order valence-electron chi connectivity index (χ0n) is 19.3. The molecule has 1 heterocycles. The topological polar surface area (TPSA) is 85.2 Å². The number of ether oxygens (including phenoxy) is 1. The minimum absolute atomic E-state index is 0.0797. The molecule has 0 fully saturated rings. The number of nitrogens with one attached hydrogen (secondary N) is 2. The third-order valence-corrected chi connectivity index (χ3v) is 5.33. The highest BCUT2D eigenvalue weighted by atomic mass is 19.4. The molecule has 0 saturated heterocycles. The van der Waals surface area contributed by atoms with Crippen molar-refractivity contribution in [3.8, 4) is 11.4 Å². The van der Waals surface area contributed by atoms with E-state index in [-0.39, 0.29) is 23.0 Å². The van der Waals surface area contributed by atoms with Crippen molar-refractivity contribution in [2.24, 2.45) is 0 Å². The van der Waals surface area contributed by atoms with Crippen LogP contribution in [0.4, 0.5) is 24.5 Å². The van der Waals surface area contributed by atoms with E-state index in [4.69, 9.17) is 4.74 Å². The summed E-state index contributed by atoms with van der Waals surface area (Å²) in [6, 6.07) is 18.3. The Bertz CT molecular complexity index is 1420. The summed E-state index contributed by atoms with van der Waals surface area (Å²) in [4.78, 5) is 25.5. The van der Waals surface area contributed by atoms with Gasteiger partial charge < -0.3 is 15.4 Å². The monoisotopic (exact) mass is 494 g/mol. The average molecular weight is 494 g/mol. The predicted molar refractivity (Wildman–Crippen MR) is 129 cm³/mol. The van der Waals surface area contributed by atoms with Gasteiger partial charge in [-0.15, -0.1) is 0 Å². The molecule has 1 aromatic heterocycles. The number of hydrogen-bond donors (Lipinski definition) is 2. The Hall–Kier alpha value is -4.60. The fourth-order valence-electron chi connectivity index (χ4n) is 3.43. The average Bonchev–Trinajstić information content (AvgIpc) is 3.31. The highest BCUT2D eigenvalue weighted by Crippen LogP contribution is 2.31. The first-order valence-electron chi connectivity index (χ1n) is 10.8. The number of methoxy groups -OCH3 is 1. The molecule has 0 bridgehead atoms. The van der Waals surface area contributed by atoms with Crippen molar-refractivity contribution in [3.05, 3.63) is 101 Å². The number of hydrogen-bond acceptors (Lipinski definition) is 4. The van der Waals surface area contributed by atoms with Crippen molar-refractivity contribution in [1.82, 2.24) is 9.78 Å². The second-order valence-electron chi connectivity index (χ2n) is 7.84. The molecule has 3 aromatic carbocycles. The van der Waals surface area contributed by atoms with Gasteiger partial charge in [-0.1, -0.05) is 30.3 Å². The molecule has 0 aliphatic rings. The van der Waals surface area contributed by atoms with Gasteiger partial charge in [0.25, 0.3) is 11.8 Å². The predicted octanol–water partition coefficient (Wildman–Crippen LogP) is 5.71. The van der Waals surface area contributed by atoms with Crippen molar-refractivity contribution in [2.45, 2.75) is 13.1 Å². The van der Waals surface area contributed by atoms with Gasteiger partial charge in [-0.05, 0) is 55.0 Å². The number of anilines is 2. The summed E-state index contributed by atoms with van der Waals surface area (Å²) in [5.41, 5.74) is 1.24. The van der Waals surface area contributed by atoms with E-state index in [1.165, 1.54) is 25.4 Å². The molecule has 36 heavy (non-hydrogen) atoms. The zero-order valence-corrected chi connectivity index (χ0v) is 19.3. The lowest BCUT2D eigenvalue weighted by Gasteiger charge is -2.11. The molecule has 0 radical (unpaired) electrons. The number of benzene rings is 3. The van der Waals surface area contributed by atoms with E-state index in [1.807, 2.05) is 0 Å². The van der Waals surface area contributed by atoms with Gasteiger partial charge in [-0.25, -0.2) is 4.68 Å². The second kappa shape index (κ2) is 9.95. The number of nitrogens with zero attached hydrogens (tertiary/aromatic N) is 2. The summed E-state index contributed by atoms with van der Waals surface area (Å²) in [6.45, 7) is 1.77. The molecule has 0 atom stereocenters. The third kappa shape index (κ3) is 5.38. The lowest BCUT2D eigenvalue weighted by Crippen LogP contribution is -2.16. The fourth-order valence-corrected chi connectivity index (χ4v) is 3.43. The van der Waals surface area contributed by atoms with Crippen molar-refractivity contribution >= 4 is 23.2 Å². The Kier molecular flexibility index (Phi) is 6.77. The Labute approximate surface area is 204 Å². The van der Waals surface area contributed by atoms with Crippen molar-refractivity contribution in [3.63, 3.8) is 0 Å². The van der Waals surface area contributed by atoms with Gasteiger partial charge in [0.15, 0.2) is 11.4 Å². The Morgan fingerprint density at radius 1 is 0.917 bits per heavy atom. The maximum atomic E-state index is 13.1. The van der Waals surface area contributed by atoms with E-state index in [0.29, 0.717) is 16.9 Å². The smallest absolute Gasteiger partial charge is 0.416 e. The van der Waals surface area contributed by atoms with Crippen LogP contribution in [0.15, 0.2) is 79.0 Å². The molecule has 0 aliphatic heterocycles. The molecule has 4 aromatic rings. The van der Waals surface area contributed by atoms with Crippen LogP contribution in [0.3, 0.4) is 0 Å². The summed E-state index contributed by atoms with van der Waals surface area (Å²) >= 11 is 0. The second-order valence-corrected chi connectivity index (χ2v) is 7.84. The van der Waals surface area contributed by atoms with Gasteiger partial charge >= 0.3 is 6.18 Å². The van der Waals surface area contributed by atoms with Crippen LogP contribution in [0.25, 0.3) is 5.69 Å². The largest absolute Gasteiger partial charge is 0.493 e.